The summed E-state index contributed by atoms with van der Waals surface area (Å²) >= 11 is 0. The molecule has 0 radical (unpaired) electrons. The van der Waals surface area contributed by atoms with Crippen molar-refractivity contribution >= 4 is 0 Å². The van der Waals surface area contributed by atoms with Gasteiger partial charge < -0.3 is 9.97 Å². The van der Waals surface area contributed by atoms with Crippen LogP contribution < -0.4 is 22.5 Å². The topological polar surface area (TPSA) is 131 Å². The van der Waals surface area contributed by atoms with Gasteiger partial charge in [0.15, 0.2) is 0 Å². The zero-order chi connectivity index (χ0) is 15.1. The summed E-state index contributed by atoms with van der Waals surface area (Å²) in [5, 5.41) is 0. The van der Waals surface area contributed by atoms with Crippen LogP contribution in [0.5, 0.6) is 0 Å². The van der Waals surface area contributed by atoms with Crippen LogP contribution >= 0.6 is 0 Å². The summed E-state index contributed by atoms with van der Waals surface area (Å²) < 4.78 is 0. The molecule has 104 valence electrons. The molecule has 8 nitrogen and oxygen atoms in total. The largest absolute Gasteiger partial charge is 0.325 e. The van der Waals surface area contributed by atoms with Gasteiger partial charge in [-0.3, -0.25) is 19.6 Å². The van der Waals surface area contributed by atoms with Gasteiger partial charge in [-0.2, -0.15) is 0 Å². The van der Waals surface area contributed by atoms with Gasteiger partial charge in [0.05, 0.1) is 0 Å². The standard InChI is InChI=1S/C7H6N2O2.C5H6N2O2/c1-2-3-5-4-8-7(11)9-6(5)10;1-3-2-6-5(9)7-4(3)8/h4H,1H3,(H2,8,9,10,11);2H,1H3,(H2,6,7,8,9). The third-order valence-corrected chi connectivity index (χ3v) is 2.08. The van der Waals surface area contributed by atoms with Crippen molar-refractivity contribution in [2.45, 2.75) is 13.8 Å². The minimum Gasteiger partial charge on any atom is -0.314 e. The number of nitrogens with one attached hydrogen (secondary N) is 4. The van der Waals surface area contributed by atoms with Crippen molar-refractivity contribution < 1.29 is 0 Å². The Balaban J connectivity index is 0.000000204. The molecule has 0 aromatic carbocycles. The zero-order valence-corrected chi connectivity index (χ0v) is 10.8. The van der Waals surface area contributed by atoms with Gasteiger partial charge in [-0.1, -0.05) is 5.92 Å². The summed E-state index contributed by atoms with van der Waals surface area (Å²) in [6.45, 7) is 3.24. The molecule has 0 fully saturated rings. The third kappa shape index (κ3) is 4.30. The lowest BCUT2D eigenvalue weighted by molar-refractivity contribution is 1.01. The predicted molar refractivity (Wildman–Crippen MR) is 72.7 cm³/mol. The fourth-order valence-corrected chi connectivity index (χ4v) is 1.11. The van der Waals surface area contributed by atoms with Gasteiger partial charge in [0.1, 0.15) is 5.56 Å². The van der Waals surface area contributed by atoms with Gasteiger partial charge in [-0.15, -0.1) is 5.92 Å². The van der Waals surface area contributed by atoms with E-state index in [1.165, 1.54) is 12.4 Å². The summed E-state index contributed by atoms with van der Waals surface area (Å²) in [6.07, 6.45) is 2.67. The average Bonchev–Trinajstić information content (AvgIpc) is 2.39. The molecule has 2 aromatic rings. The van der Waals surface area contributed by atoms with Crippen molar-refractivity contribution in [1.82, 2.24) is 19.9 Å². The highest BCUT2D eigenvalue weighted by Gasteiger charge is 1.93. The smallest absolute Gasteiger partial charge is 0.314 e. The van der Waals surface area contributed by atoms with Crippen molar-refractivity contribution in [3.8, 4) is 11.8 Å². The molecule has 0 saturated carbocycles. The van der Waals surface area contributed by atoms with Crippen LogP contribution in [0.15, 0.2) is 31.6 Å². The summed E-state index contributed by atoms with van der Waals surface area (Å²) in [5.74, 6) is 5.09. The van der Waals surface area contributed by atoms with Gasteiger partial charge in [-0.05, 0) is 13.8 Å². The number of hydrogen-bond acceptors (Lipinski definition) is 4. The van der Waals surface area contributed by atoms with E-state index in [4.69, 9.17) is 0 Å². The van der Waals surface area contributed by atoms with E-state index in [9.17, 15) is 19.2 Å². The lowest BCUT2D eigenvalue weighted by Crippen LogP contribution is -2.23. The van der Waals surface area contributed by atoms with Gasteiger partial charge in [0.25, 0.3) is 11.1 Å². The molecule has 8 heteroatoms. The van der Waals surface area contributed by atoms with Crippen molar-refractivity contribution in [2.75, 3.05) is 0 Å². The number of aromatic amines is 4. The molecule has 0 aliphatic rings. The van der Waals surface area contributed by atoms with Gasteiger partial charge in [-0.25, -0.2) is 9.59 Å². The monoisotopic (exact) mass is 276 g/mol. The summed E-state index contributed by atoms with van der Waals surface area (Å²) in [7, 11) is 0. The maximum Gasteiger partial charge on any atom is 0.325 e. The predicted octanol–water partition coefficient (Wildman–Crippen LogP) is -1.19. The molecule has 0 aliphatic heterocycles. The van der Waals surface area contributed by atoms with Crippen LogP contribution in [0, 0.1) is 18.8 Å². The first-order valence-electron chi connectivity index (χ1n) is 5.47. The first-order valence-corrected chi connectivity index (χ1v) is 5.47. The molecule has 4 N–H and O–H groups in total. The van der Waals surface area contributed by atoms with Crippen molar-refractivity contribution in [3.05, 3.63) is 65.2 Å². The molecule has 0 aliphatic carbocycles. The Bertz CT molecular complexity index is 873. The Morgan fingerprint density at radius 1 is 0.900 bits per heavy atom. The molecule has 2 aromatic heterocycles. The average molecular weight is 276 g/mol. The lowest BCUT2D eigenvalue weighted by Gasteiger charge is -1.84. The van der Waals surface area contributed by atoms with Gasteiger partial charge >= 0.3 is 11.4 Å². The van der Waals surface area contributed by atoms with Crippen LogP contribution in [0.3, 0.4) is 0 Å². The fourth-order valence-electron chi connectivity index (χ4n) is 1.11. The molecule has 0 unspecified atom stereocenters. The molecule has 0 amide bonds. The summed E-state index contributed by atoms with van der Waals surface area (Å²) in [4.78, 5) is 51.0. The van der Waals surface area contributed by atoms with Crippen LogP contribution in [0.4, 0.5) is 0 Å². The second kappa shape index (κ2) is 6.75. The molecule has 0 bridgehead atoms. The Kier molecular flexibility index (Phi) is 5.05. The van der Waals surface area contributed by atoms with Gasteiger partial charge in [0.2, 0.25) is 0 Å². The Labute approximate surface area is 111 Å². The molecule has 2 heterocycles. The van der Waals surface area contributed by atoms with E-state index in [2.05, 4.69) is 31.8 Å². The first-order chi connectivity index (χ1) is 9.43. The first kappa shape index (κ1) is 15.0. The third-order valence-electron chi connectivity index (χ3n) is 2.08. The number of hydrogen-bond donors (Lipinski definition) is 4. The minimum atomic E-state index is -0.517. The van der Waals surface area contributed by atoms with Gasteiger partial charge in [0, 0.05) is 18.0 Å². The van der Waals surface area contributed by atoms with E-state index in [-0.39, 0.29) is 11.1 Å². The number of aryl methyl sites for hydroxylation is 1. The highest BCUT2D eigenvalue weighted by molar-refractivity contribution is 5.28. The van der Waals surface area contributed by atoms with Crippen LogP contribution in [0.2, 0.25) is 0 Å². The van der Waals surface area contributed by atoms with Crippen LogP contribution in [-0.4, -0.2) is 19.9 Å². The highest BCUT2D eigenvalue weighted by Crippen LogP contribution is 1.77. The van der Waals surface area contributed by atoms with Crippen molar-refractivity contribution in [3.63, 3.8) is 0 Å². The van der Waals surface area contributed by atoms with E-state index >= 15 is 0 Å². The Morgan fingerprint density at radius 2 is 1.45 bits per heavy atom. The fraction of sp³-hybridized carbons (Fsp3) is 0.167. The van der Waals surface area contributed by atoms with Crippen LogP contribution in [0.25, 0.3) is 0 Å². The maximum absolute atomic E-state index is 10.9. The second-order valence-electron chi connectivity index (χ2n) is 3.62. The molecular weight excluding hydrogens is 264 g/mol. The van der Waals surface area contributed by atoms with Crippen LogP contribution in [-0.2, 0) is 0 Å². The zero-order valence-electron chi connectivity index (χ0n) is 10.8. The maximum atomic E-state index is 10.9. The number of aromatic nitrogens is 4. The quantitative estimate of drug-likeness (QED) is 0.450. The summed E-state index contributed by atoms with van der Waals surface area (Å²) in [6, 6.07) is 0. The van der Waals surface area contributed by atoms with E-state index in [0.717, 1.165) is 0 Å². The lowest BCUT2D eigenvalue weighted by atomic mass is 10.3. The van der Waals surface area contributed by atoms with Crippen LogP contribution in [0.1, 0.15) is 18.1 Å². The molecular formula is C12H12N4O4. The van der Waals surface area contributed by atoms with E-state index in [1.54, 1.807) is 13.8 Å². The van der Waals surface area contributed by atoms with E-state index < -0.39 is 16.9 Å². The SMILES string of the molecule is CC#Cc1c[nH]c(=O)[nH]c1=O.Cc1c[nH]c(=O)[nH]c1=O. The molecule has 0 atom stereocenters. The van der Waals surface area contributed by atoms with E-state index in [0.29, 0.717) is 5.56 Å². The molecule has 2 rings (SSSR count). The Hall–Kier alpha value is -3.08. The normalized spacial score (nSPS) is 8.90. The van der Waals surface area contributed by atoms with Crippen molar-refractivity contribution in [1.29, 1.82) is 0 Å². The highest BCUT2D eigenvalue weighted by atomic mass is 16.2. The minimum absolute atomic E-state index is 0.270. The molecule has 20 heavy (non-hydrogen) atoms. The number of rotatable bonds is 0. The molecule has 0 spiro atoms. The Morgan fingerprint density at radius 3 is 1.90 bits per heavy atom. The second-order valence-corrected chi connectivity index (χ2v) is 3.62. The number of H-pyrrole nitrogens is 4. The van der Waals surface area contributed by atoms with E-state index in [1.807, 2.05) is 0 Å². The molecule has 0 saturated heterocycles. The van der Waals surface area contributed by atoms with Crippen molar-refractivity contribution in [2.24, 2.45) is 0 Å². The summed E-state index contributed by atoms with van der Waals surface area (Å²) in [5.41, 5.74) is -0.995.